The quantitative estimate of drug-likeness (QED) is 0.513. The molecule has 0 atom stereocenters. The molecule has 102 valence electrons. The number of rotatable bonds is 2. The van der Waals surface area contributed by atoms with Crippen LogP contribution < -0.4 is 4.74 Å². The molecule has 0 fully saturated rings. The zero-order valence-corrected chi connectivity index (χ0v) is 13.5. The molecule has 0 radical (unpaired) electrons. The van der Waals surface area contributed by atoms with Gasteiger partial charge in [-0.3, -0.25) is 0 Å². The van der Waals surface area contributed by atoms with Gasteiger partial charge in [0, 0.05) is 15.5 Å². The maximum atomic E-state index is 6.32. The van der Waals surface area contributed by atoms with Gasteiger partial charge >= 0.3 is 0 Å². The summed E-state index contributed by atoms with van der Waals surface area (Å²) in [6.45, 7) is 0. The molecule has 20 heavy (non-hydrogen) atoms. The van der Waals surface area contributed by atoms with Gasteiger partial charge in [0.15, 0.2) is 0 Å². The van der Waals surface area contributed by atoms with Crippen LogP contribution in [0.1, 0.15) is 0 Å². The number of ether oxygens (including phenoxy) is 1. The summed E-state index contributed by atoms with van der Waals surface area (Å²) in [6, 6.07) is 11.7. The predicted molar refractivity (Wildman–Crippen MR) is 88.8 cm³/mol. The van der Waals surface area contributed by atoms with Crippen LogP contribution in [0.5, 0.6) is 5.75 Å². The summed E-state index contributed by atoms with van der Waals surface area (Å²) < 4.78 is 6.17. The van der Waals surface area contributed by atoms with E-state index in [1.165, 1.54) is 0 Å². The number of thiophene rings is 1. The van der Waals surface area contributed by atoms with E-state index in [-0.39, 0.29) is 0 Å². The van der Waals surface area contributed by atoms with Crippen molar-refractivity contribution in [3.8, 4) is 16.2 Å². The third-order valence-corrected chi connectivity index (χ3v) is 5.51. The molecule has 3 rings (SSSR count). The van der Waals surface area contributed by atoms with Crippen LogP contribution in [0.2, 0.25) is 15.1 Å². The first-order valence-electron chi connectivity index (χ1n) is 5.82. The summed E-state index contributed by atoms with van der Waals surface area (Å²) in [5, 5.41) is 2.67. The van der Waals surface area contributed by atoms with E-state index >= 15 is 0 Å². The van der Waals surface area contributed by atoms with Crippen molar-refractivity contribution in [3.63, 3.8) is 0 Å². The van der Waals surface area contributed by atoms with E-state index in [2.05, 4.69) is 0 Å². The van der Waals surface area contributed by atoms with E-state index in [0.717, 1.165) is 20.5 Å². The van der Waals surface area contributed by atoms with Gasteiger partial charge in [-0.2, -0.15) is 0 Å². The largest absolute Gasteiger partial charge is 0.495 e. The molecule has 0 saturated heterocycles. The van der Waals surface area contributed by atoms with Crippen LogP contribution in [0.4, 0.5) is 0 Å². The van der Waals surface area contributed by atoms with Crippen molar-refractivity contribution in [2.75, 3.05) is 7.11 Å². The minimum absolute atomic E-state index is 0.439. The van der Waals surface area contributed by atoms with Crippen molar-refractivity contribution in [1.82, 2.24) is 0 Å². The molecular weight excluding hydrogens is 335 g/mol. The molecule has 1 heterocycles. The molecule has 0 aliphatic carbocycles. The molecule has 1 nitrogen and oxygen atoms in total. The number of hydrogen-bond donors (Lipinski definition) is 0. The minimum atomic E-state index is 0.439. The second kappa shape index (κ2) is 5.45. The minimum Gasteiger partial charge on any atom is -0.495 e. The summed E-state index contributed by atoms with van der Waals surface area (Å²) in [4.78, 5) is 1.05. The van der Waals surface area contributed by atoms with Crippen molar-refractivity contribution in [1.29, 1.82) is 0 Å². The summed E-state index contributed by atoms with van der Waals surface area (Å²) in [6.07, 6.45) is 0. The fraction of sp³-hybridized carbons (Fsp3) is 0.0667. The topological polar surface area (TPSA) is 9.23 Å². The Balaban J connectivity index is 2.26. The number of benzene rings is 2. The van der Waals surface area contributed by atoms with Gasteiger partial charge in [-0.15, -0.1) is 11.3 Å². The molecule has 0 amide bonds. The van der Waals surface area contributed by atoms with Crippen LogP contribution in [0, 0.1) is 0 Å². The van der Waals surface area contributed by atoms with Crippen LogP contribution in [-0.2, 0) is 0 Å². The first-order chi connectivity index (χ1) is 9.61. The van der Waals surface area contributed by atoms with Gasteiger partial charge < -0.3 is 4.74 Å². The van der Waals surface area contributed by atoms with Crippen LogP contribution in [0.15, 0.2) is 36.4 Å². The highest BCUT2D eigenvalue weighted by Gasteiger charge is 2.15. The van der Waals surface area contributed by atoms with Crippen molar-refractivity contribution in [3.05, 3.63) is 51.5 Å². The normalized spacial score (nSPS) is 11.0. The van der Waals surface area contributed by atoms with Gasteiger partial charge in [-0.05, 0) is 23.6 Å². The number of methoxy groups -OCH3 is 1. The third kappa shape index (κ3) is 2.27. The van der Waals surface area contributed by atoms with E-state index in [1.54, 1.807) is 18.4 Å². The fourth-order valence-electron chi connectivity index (χ4n) is 2.04. The van der Waals surface area contributed by atoms with Crippen LogP contribution >= 0.6 is 46.1 Å². The molecule has 0 N–H and O–H groups in total. The lowest BCUT2D eigenvalue weighted by Crippen LogP contribution is -1.84. The fourth-order valence-corrected chi connectivity index (χ4v) is 4.05. The number of halogens is 3. The van der Waals surface area contributed by atoms with E-state index in [1.807, 2.05) is 36.4 Å². The van der Waals surface area contributed by atoms with E-state index in [9.17, 15) is 0 Å². The van der Waals surface area contributed by atoms with Crippen molar-refractivity contribution >= 4 is 56.2 Å². The number of hydrogen-bond acceptors (Lipinski definition) is 2. The van der Waals surface area contributed by atoms with Gasteiger partial charge in [0.1, 0.15) is 10.8 Å². The second-order valence-corrected chi connectivity index (χ2v) is 6.43. The maximum absolute atomic E-state index is 6.32. The molecule has 0 aliphatic rings. The lowest BCUT2D eigenvalue weighted by molar-refractivity contribution is 0.415. The maximum Gasteiger partial charge on any atom is 0.139 e. The Labute approximate surface area is 135 Å². The smallest absolute Gasteiger partial charge is 0.139 e. The Bertz CT molecular complexity index is 795. The van der Waals surface area contributed by atoms with E-state index in [0.29, 0.717) is 20.8 Å². The van der Waals surface area contributed by atoms with E-state index < -0.39 is 0 Å². The van der Waals surface area contributed by atoms with Crippen molar-refractivity contribution < 1.29 is 4.74 Å². The second-order valence-electron chi connectivity index (χ2n) is 4.22. The standard InChI is InChI=1S/C15H9Cl3OS/c1-19-11-6-8-7-12(9-4-2-3-5-10(9)16)20-15(8)14(18)13(11)17/h2-7H,1H3. The Kier molecular flexibility index (Phi) is 3.83. The van der Waals surface area contributed by atoms with Gasteiger partial charge in [-0.1, -0.05) is 53.0 Å². The molecule has 5 heteroatoms. The lowest BCUT2D eigenvalue weighted by atomic mass is 10.1. The first kappa shape index (κ1) is 14.0. The van der Waals surface area contributed by atoms with Crippen LogP contribution in [0.25, 0.3) is 20.5 Å². The van der Waals surface area contributed by atoms with Crippen molar-refractivity contribution in [2.45, 2.75) is 0 Å². The third-order valence-electron chi connectivity index (χ3n) is 3.02. The zero-order valence-electron chi connectivity index (χ0n) is 10.4. The molecule has 0 spiro atoms. The highest BCUT2D eigenvalue weighted by molar-refractivity contribution is 7.23. The zero-order chi connectivity index (χ0) is 14.3. The Hall–Kier alpha value is -0.930. The van der Waals surface area contributed by atoms with Crippen molar-refractivity contribution in [2.24, 2.45) is 0 Å². The van der Waals surface area contributed by atoms with Gasteiger partial charge in [0.05, 0.1) is 16.8 Å². The highest BCUT2D eigenvalue weighted by Crippen LogP contribution is 2.45. The number of fused-ring (bicyclic) bond motifs is 1. The molecule has 3 aromatic rings. The van der Waals surface area contributed by atoms with Gasteiger partial charge in [-0.25, -0.2) is 0 Å². The first-order valence-corrected chi connectivity index (χ1v) is 7.77. The average molecular weight is 344 g/mol. The van der Waals surface area contributed by atoms with E-state index in [4.69, 9.17) is 39.5 Å². The summed E-state index contributed by atoms with van der Waals surface area (Å²) in [7, 11) is 1.57. The molecule has 0 bridgehead atoms. The molecule has 1 aromatic heterocycles. The summed E-state index contributed by atoms with van der Waals surface area (Å²) in [5.41, 5.74) is 0.988. The highest BCUT2D eigenvalue weighted by atomic mass is 35.5. The molecule has 2 aromatic carbocycles. The molecule has 0 unspecified atom stereocenters. The molecule has 0 saturated carbocycles. The van der Waals surface area contributed by atoms with Gasteiger partial charge in [0.2, 0.25) is 0 Å². The lowest BCUT2D eigenvalue weighted by Gasteiger charge is -2.04. The molecular formula is C15H9Cl3OS. The van der Waals surface area contributed by atoms with Crippen LogP contribution in [0.3, 0.4) is 0 Å². The molecule has 0 aliphatic heterocycles. The SMILES string of the molecule is COc1cc2cc(-c3ccccc3Cl)sc2c(Cl)c1Cl. The summed E-state index contributed by atoms with van der Waals surface area (Å²) in [5.74, 6) is 0.577. The summed E-state index contributed by atoms with van der Waals surface area (Å²) >= 11 is 20.3. The Morgan fingerprint density at radius 3 is 2.45 bits per heavy atom. The average Bonchev–Trinajstić information content (AvgIpc) is 2.87. The Morgan fingerprint density at radius 1 is 1.00 bits per heavy atom. The van der Waals surface area contributed by atoms with Gasteiger partial charge in [0.25, 0.3) is 0 Å². The monoisotopic (exact) mass is 342 g/mol. The Morgan fingerprint density at radius 2 is 1.75 bits per heavy atom. The predicted octanol–water partition coefficient (Wildman–Crippen LogP) is 6.54. The van der Waals surface area contributed by atoms with Crippen LogP contribution in [-0.4, -0.2) is 7.11 Å².